The van der Waals surface area contributed by atoms with E-state index in [1.807, 2.05) is 0 Å². The van der Waals surface area contributed by atoms with E-state index in [0.717, 1.165) is 0 Å². The Morgan fingerprint density at radius 3 is 2.60 bits per heavy atom. The molecular formula is C10H14O5. The molecule has 0 aromatic rings. The van der Waals surface area contributed by atoms with Crippen molar-refractivity contribution in [3.63, 3.8) is 0 Å². The van der Waals surface area contributed by atoms with Crippen molar-refractivity contribution in [2.45, 2.75) is 26.4 Å². The summed E-state index contributed by atoms with van der Waals surface area (Å²) in [5, 5.41) is 9.09. The zero-order chi connectivity index (χ0) is 11.6. The maximum Gasteiger partial charge on any atom is 0.363 e. The van der Waals surface area contributed by atoms with Crippen LogP contribution in [0.5, 0.6) is 0 Å². The van der Waals surface area contributed by atoms with Gasteiger partial charge in [-0.3, -0.25) is 0 Å². The lowest BCUT2D eigenvalue weighted by Gasteiger charge is -2.26. The molecule has 0 aromatic carbocycles. The number of allylic oxidation sites excluding steroid dienone is 1. The van der Waals surface area contributed by atoms with E-state index in [2.05, 4.69) is 0 Å². The van der Waals surface area contributed by atoms with Crippen LogP contribution in [-0.4, -0.2) is 29.3 Å². The number of hydrogen-bond donors (Lipinski definition) is 1. The van der Waals surface area contributed by atoms with Gasteiger partial charge >= 0.3 is 17.5 Å². The van der Waals surface area contributed by atoms with E-state index in [0.29, 0.717) is 5.76 Å². The van der Waals surface area contributed by atoms with Crippen LogP contribution in [0.4, 0.5) is 0 Å². The molecule has 2 atom stereocenters. The van der Waals surface area contributed by atoms with Gasteiger partial charge in [0.15, 0.2) is 0 Å². The van der Waals surface area contributed by atoms with E-state index >= 15 is 0 Å². The van der Waals surface area contributed by atoms with Crippen molar-refractivity contribution in [1.29, 1.82) is 0 Å². The minimum Gasteiger partial charge on any atom is -0.478 e. The minimum atomic E-state index is -1.90. The predicted octanol–water partition coefficient (Wildman–Crippen LogP) is 0.943. The van der Waals surface area contributed by atoms with Crippen LogP contribution in [0, 0.1) is 5.92 Å². The molecule has 1 aliphatic heterocycles. The first-order valence-electron chi connectivity index (χ1n) is 4.73. The molecule has 84 valence electrons. The van der Waals surface area contributed by atoms with Gasteiger partial charge < -0.3 is 14.6 Å². The molecule has 0 spiro atoms. The second-order valence-electron chi connectivity index (χ2n) is 3.43. The van der Waals surface area contributed by atoms with Crippen molar-refractivity contribution in [2.75, 3.05) is 6.61 Å². The number of rotatable bonds is 3. The molecule has 0 amide bonds. The lowest BCUT2D eigenvalue weighted by atomic mass is 9.90. The molecule has 0 fully saturated rings. The quantitative estimate of drug-likeness (QED) is 0.559. The summed E-state index contributed by atoms with van der Waals surface area (Å²) in [7, 11) is 0. The summed E-state index contributed by atoms with van der Waals surface area (Å²) < 4.78 is 9.86. The second kappa shape index (κ2) is 3.92. The molecule has 0 bridgehead atoms. The molecule has 5 heteroatoms. The van der Waals surface area contributed by atoms with Gasteiger partial charge in [0.05, 0.1) is 12.4 Å². The maximum atomic E-state index is 11.6. The highest BCUT2D eigenvalue weighted by Crippen LogP contribution is 2.35. The number of aliphatic carboxylic acids is 1. The van der Waals surface area contributed by atoms with Gasteiger partial charge in [-0.25, -0.2) is 9.59 Å². The fraction of sp³-hybridized carbons (Fsp3) is 0.600. The molecule has 1 heterocycles. The summed E-state index contributed by atoms with van der Waals surface area (Å²) in [6.07, 6.45) is 1.60. The standard InChI is InChI=1S/C10H14O5/c1-4-14-9(13)10(8(11)12)6(2)5-7(3)15-10/h5-6H,4H2,1-3H3,(H,11,12). The fourth-order valence-electron chi connectivity index (χ4n) is 1.64. The number of ether oxygens (including phenoxy) is 2. The number of carboxylic acid groups (broad SMARTS) is 1. The molecule has 5 nitrogen and oxygen atoms in total. The van der Waals surface area contributed by atoms with Crippen molar-refractivity contribution in [3.05, 3.63) is 11.8 Å². The van der Waals surface area contributed by atoms with Gasteiger partial charge in [0.1, 0.15) is 0 Å². The highest BCUT2D eigenvalue weighted by Gasteiger charge is 2.57. The van der Waals surface area contributed by atoms with E-state index < -0.39 is 23.5 Å². The summed E-state index contributed by atoms with van der Waals surface area (Å²) in [6, 6.07) is 0. The summed E-state index contributed by atoms with van der Waals surface area (Å²) in [5.74, 6) is -2.27. The molecule has 0 radical (unpaired) electrons. The predicted molar refractivity (Wildman–Crippen MR) is 51.0 cm³/mol. The Kier molecular flexibility index (Phi) is 3.02. The van der Waals surface area contributed by atoms with Gasteiger partial charge in [0.2, 0.25) is 0 Å². The molecule has 15 heavy (non-hydrogen) atoms. The summed E-state index contributed by atoms with van der Waals surface area (Å²) >= 11 is 0. The SMILES string of the molecule is CCOC(=O)C1(C(=O)O)OC(C)=CC1C. The van der Waals surface area contributed by atoms with Crippen LogP contribution in [0.3, 0.4) is 0 Å². The second-order valence-corrected chi connectivity index (χ2v) is 3.43. The highest BCUT2D eigenvalue weighted by atomic mass is 16.6. The van der Waals surface area contributed by atoms with Gasteiger partial charge in [0.25, 0.3) is 0 Å². The van der Waals surface area contributed by atoms with Crippen LogP contribution < -0.4 is 0 Å². The number of carbonyl (C=O) groups excluding carboxylic acids is 1. The number of carbonyl (C=O) groups is 2. The first kappa shape index (κ1) is 11.6. The zero-order valence-corrected chi connectivity index (χ0v) is 8.94. The summed E-state index contributed by atoms with van der Waals surface area (Å²) in [6.45, 7) is 4.97. The molecule has 0 aromatic heterocycles. The monoisotopic (exact) mass is 214 g/mol. The normalized spacial score (nSPS) is 29.3. The van der Waals surface area contributed by atoms with Crippen molar-refractivity contribution < 1.29 is 24.2 Å². The average Bonchev–Trinajstić information content (AvgIpc) is 2.42. The molecule has 0 aliphatic carbocycles. The third-order valence-corrected chi connectivity index (χ3v) is 2.34. The largest absolute Gasteiger partial charge is 0.478 e. The Morgan fingerprint density at radius 1 is 1.67 bits per heavy atom. The van der Waals surface area contributed by atoms with Crippen molar-refractivity contribution in [1.82, 2.24) is 0 Å². The lowest BCUT2D eigenvalue weighted by molar-refractivity contribution is -0.183. The van der Waals surface area contributed by atoms with E-state index in [9.17, 15) is 9.59 Å². The molecule has 1 aliphatic rings. The van der Waals surface area contributed by atoms with Gasteiger partial charge in [-0.15, -0.1) is 0 Å². The van der Waals surface area contributed by atoms with Crippen LogP contribution in [-0.2, 0) is 19.1 Å². The van der Waals surface area contributed by atoms with E-state index in [-0.39, 0.29) is 6.61 Å². The molecule has 0 saturated heterocycles. The first-order chi connectivity index (χ1) is 6.95. The van der Waals surface area contributed by atoms with Crippen molar-refractivity contribution in [3.8, 4) is 0 Å². The van der Waals surface area contributed by atoms with E-state index in [4.69, 9.17) is 14.6 Å². The molecule has 0 saturated carbocycles. The Hall–Kier alpha value is -1.52. The van der Waals surface area contributed by atoms with Crippen LogP contribution in [0.1, 0.15) is 20.8 Å². The smallest absolute Gasteiger partial charge is 0.363 e. The third kappa shape index (κ3) is 1.69. The third-order valence-electron chi connectivity index (χ3n) is 2.34. The Morgan fingerprint density at radius 2 is 2.27 bits per heavy atom. The topological polar surface area (TPSA) is 72.8 Å². The van der Waals surface area contributed by atoms with Crippen LogP contribution >= 0.6 is 0 Å². The number of carboxylic acids is 1. The van der Waals surface area contributed by atoms with Gasteiger partial charge in [-0.05, 0) is 19.9 Å². The molecule has 2 unspecified atom stereocenters. The van der Waals surface area contributed by atoms with Gasteiger partial charge in [-0.2, -0.15) is 0 Å². The van der Waals surface area contributed by atoms with E-state index in [1.54, 1.807) is 26.8 Å². The first-order valence-corrected chi connectivity index (χ1v) is 4.73. The van der Waals surface area contributed by atoms with Gasteiger partial charge in [0, 0.05) is 5.92 Å². The fourth-order valence-corrected chi connectivity index (χ4v) is 1.64. The molecule has 1 rings (SSSR count). The van der Waals surface area contributed by atoms with Gasteiger partial charge in [-0.1, -0.05) is 6.92 Å². The Bertz CT molecular complexity index is 320. The van der Waals surface area contributed by atoms with Crippen molar-refractivity contribution in [2.24, 2.45) is 5.92 Å². The maximum absolute atomic E-state index is 11.6. The highest BCUT2D eigenvalue weighted by molar-refractivity contribution is 6.04. The van der Waals surface area contributed by atoms with Crippen LogP contribution in [0.25, 0.3) is 0 Å². The minimum absolute atomic E-state index is 0.128. The number of hydrogen-bond acceptors (Lipinski definition) is 4. The summed E-state index contributed by atoms with van der Waals surface area (Å²) in [4.78, 5) is 22.7. The summed E-state index contributed by atoms with van der Waals surface area (Å²) in [5.41, 5.74) is -1.90. The molecule has 1 N–H and O–H groups in total. The zero-order valence-electron chi connectivity index (χ0n) is 8.94. The Balaban J connectivity index is 3.02. The molecular weight excluding hydrogens is 200 g/mol. The average molecular weight is 214 g/mol. The van der Waals surface area contributed by atoms with Crippen molar-refractivity contribution >= 4 is 11.9 Å². The number of esters is 1. The van der Waals surface area contributed by atoms with E-state index in [1.165, 1.54) is 0 Å². The van der Waals surface area contributed by atoms with Crippen LogP contribution in [0.15, 0.2) is 11.8 Å². The van der Waals surface area contributed by atoms with Crippen LogP contribution in [0.2, 0.25) is 0 Å². The lowest BCUT2D eigenvalue weighted by Crippen LogP contribution is -2.52. The Labute approximate surface area is 87.7 Å².